The number of likely N-dealkylation sites (N-methyl/N-ethyl adjacent to an activating group) is 1. The van der Waals surface area contributed by atoms with Crippen molar-refractivity contribution in [3.63, 3.8) is 0 Å². The quantitative estimate of drug-likeness (QED) is 0.853. The van der Waals surface area contributed by atoms with Gasteiger partial charge in [-0.2, -0.15) is 0 Å². The van der Waals surface area contributed by atoms with Crippen molar-refractivity contribution in [1.29, 1.82) is 0 Å². The molecule has 1 N–H and O–H groups in total. The zero-order chi connectivity index (χ0) is 19.3. The van der Waals surface area contributed by atoms with Gasteiger partial charge in [0.2, 0.25) is 5.91 Å². The molecule has 2 rings (SSSR count). The molecule has 0 aliphatic carbocycles. The summed E-state index contributed by atoms with van der Waals surface area (Å²) >= 11 is 0. The molecule has 0 fully saturated rings. The van der Waals surface area contributed by atoms with Crippen LogP contribution in [-0.2, 0) is 11.3 Å². The van der Waals surface area contributed by atoms with Gasteiger partial charge in [0.15, 0.2) is 5.76 Å². The van der Waals surface area contributed by atoms with E-state index in [2.05, 4.69) is 5.32 Å². The normalized spacial score (nSPS) is 11.2. The highest BCUT2D eigenvalue weighted by Gasteiger charge is 2.22. The predicted octanol–water partition coefficient (Wildman–Crippen LogP) is 1.87. The third-order valence-corrected chi connectivity index (χ3v) is 3.62. The molecule has 0 aromatic carbocycles. The second-order valence-corrected chi connectivity index (χ2v) is 7.05. The molecule has 0 aliphatic heterocycles. The van der Waals surface area contributed by atoms with Crippen LogP contribution in [0.1, 0.15) is 44.0 Å². The molecule has 7 nitrogen and oxygen atoms in total. The van der Waals surface area contributed by atoms with Crippen molar-refractivity contribution in [1.82, 2.24) is 14.8 Å². The van der Waals surface area contributed by atoms with Gasteiger partial charge in [-0.1, -0.05) is 6.07 Å². The first kappa shape index (κ1) is 19.5. The third kappa shape index (κ3) is 5.34. The van der Waals surface area contributed by atoms with E-state index in [9.17, 15) is 14.4 Å². The smallest absolute Gasteiger partial charge is 0.290 e. The van der Waals surface area contributed by atoms with Crippen LogP contribution in [0.15, 0.2) is 45.7 Å². The SMILES string of the molecule is CCN(CC(=O)NC(C)(C)C)C(=O)c1ccc(Cn2ccccc2=O)o1. The summed E-state index contributed by atoms with van der Waals surface area (Å²) in [6.07, 6.45) is 1.65. The largest absolute Gasteiger partial charge is 0.454 e. The first-order valence-electron chi connectivity index (χ1n) is 8.54. The number of carbonyl (C=O) groups excluding carboxylic acids is 2. The molecule has 2 heterocycles. The second-order valence-electron chi connectivity index (χ2n) is 7.05. The van der Waals surface area contributed by atoms with E-state index < -0.39 is 0 Å². The molecule has 7 heteroatoms. The number of hydrogen-bond donors (Lipinski definition) is 1. The fourth-order valence-electron chi connectivity index (χ4n) is 2.45. The Hall–Kier alpha value is -2.83. The summed E-state index contributed by atoms with van der Waals surface area (Å²) in [5.41, 5.74) is -0.508. The van der Waals surface area contributed by atoms with Gasteiger partial charge in [-0.25, -0.2) is 0 Å². The van der Waals surface area contributed by atoms with Gasteiger partial charge >= 0.3 is 0 Å². The summed E-state index contributed by atoms with van der Waals surface area (Å²) in [6.45, 7) is 8.03. The van der Waals surface area contributed by atoms with E-state index in [0.717, 1.165) is 0 Å². The van der Waals surface area contributed by atoms with Crippen LogP contribution in [0.5, 0.6) is 0 Å². The third-order valence-electron chi connectivity index (χ3n) is 3.62. The van der Waals surface area contributed by atoms with Crippen LogP contribution in [0.25, 0.3) is 0 Å². The van der Waals surface area contributed by atoms with Gasteiger partial charge in [0.25, 0.3) is 11.5 Å². The maximum atomic E-state index is 12.6. The standard InChI is InChI=1S/C19H25N3O4/c1-5-21(13-16(23)20-19(2,3)4)18(25)15-10-9-14(26-15)12-22-11-7-6-8-17(22)24/h6-11H,5,12-13H2,1-4H3,(H,20,23). The molecule has 0 aliphatic rings. The Bertz CT molecular complexity index is 830. The highest BCUT2D eigenvalue weighted by atomic mass is 16.4. The van der Waals surface area contributed by atoms with Crippen molar-refractivity contribution in [2.24, 2.45) is 0 Å². The zero-order valence-electron chi connectivity index (χ0n) is 15.6. The number of nitrogens with zero attached hydrogens (tertiary/aromatic N) is 2. The Labute approximate surface area is 152 Å². The summed E-state index contributed by atoms with van der Waals surface area (Å²) in [4.78, 5) is 37.8. The molecule has 0 radical (unpaired) electrons. The number of hydrogen-bond acceptors (Lipinski definition) is 4. The molecule has 26 heavy (non-hydrogen) atoms. The van der Waals surface area contributed by atoms with Gasteiger partial charge in [-0.15, -0.1) is 0 Å². The number of amides is 2. The van der Waals surface area contributed by atoms with Crippen LogP contribution in [0.3, 0.4) is 0 Å². The fourth-order valence-corrected chi connectivity index (χ4v) is 2.45. The van der Waals surface area contributed by atoms with E-state index in [-0.39, 0.29) is 41.8 Å². The van der Waals surface area contributed by atoms with Crippen molar-refractivity contribution in [3.05, 3.63) is 58.4 Å². The van der Waals surface area contributed by atoms with Gasteiger partial charge in [-0.05, 0) is 45.9 Å². The molecular weight excluding hydrogens is 334 g/mol. The summed E-state index contributed by atoms with van der Waals surface area (Å²) in [6, 6.07) is 8.11. The molecule has 2 aromatic rings. The maximum Gasteiger partial charge on any atom is 0.290 e. The van der Waals surface area contributed by atoms with E-state index in [1.54, 1.807) is 37.4 Å². The summed E-state index contributed by atoms with van der Waals surface area (Å²) in [5, 5.41) is 2.83. The minimum absolute atomic E-state index is 0.0409. The van der Waals surface area contributed by atoms with E-state index in [1.165, 1.54) is 15.5 Å². The van der Waals surface area contributed by atoms with Crippen molar-refractivity contribution in [2.45, 2.75) is 39.8 Å². The number of furan rings is 1. The summed E-state index contributed by atoms with van der Waals surface area (Å²) in [7, 11) is 0. The van der Waals surface area contributed by atoms with Crippen molar-refractivity contribution in [3.8, 4) is 0 Å². The van der Waals surface area contributed by atoms with E-state index in [4.69, 9.17) is 4.42 Å². The van der Waals surface area contributed by atoms with Gasteiger partial charge in [-0.3, -0.25) is 14.4 Å². The Balaban J connectivity index is 2.06. The average Bonchev–Trinajstić information content (AvgIpc) is 3.01. The molecule has 2 aromatic heterocycles. The number of aromatic nitrogens is 1. The van der Waals surface area contributed by atoms with E-state index in [0.29, 0.717) is 12.3 Å². The molecular formula is C19H25N3O4. The highest BCUT2D eigenvalue weighted by molar-refractivity contribution is 5.94. The van der Waals surface area contributed by atoms with Gasteiger partial charge in [0.1, 0.15) is 5.76 Å². The molecule has 0 bridgehead atoms. The number of nitrogens with one attached hydrogen (secondary N) is 1. The monoisotopic (exact) mass is 359 g/mol. The van der Waals surface area contributed by atoms with Crippen molar-refractivity contribution < 1.29 is 14.0 Å². The summed E-state index contributed by atoms with van der Waals surface area (Å²) < 4.78 is 7.07. The molecule has 0 atom stereocenters. The maximum absolute atomic E-state index is 12.6. The number of rotatable bonds is 6. The molecule has 140 valence electrons. The topological polar surface area (TPSA) is 84.5 Å². The van der Waals surface area contributed by atoms with E-state index >= 15 is 0 Å². The van der Waals surface area contributed by atoms with Crippen LogP contribution in [0, 0.1) is 0 Å². The average molecular weight is 359 g/mol. The zero-order valence-corrected chi connectivity index (χ0v) is 15.6. The van der Waals surface area contributed by atoms with E-state index in [1.807, 2.05) is 20.8 Å². The Morgan fingerprint density at radius 2 is 1.92 bits per heavy atom. The molecule has 0 unspecified atom stereocenters. The lowest BCUT2D eigenvalue weighted by Crippen LogP contribution is -2.47. The van der Waals surface area contributed by atoms with Gasteiger partial charge in [0.05, 0.1) is 13.1 Å². The Kier molecular flexibility index (Phi) is 6.02. The molecule has 0 spiro atoms. The predicted molar refractivity (Wildman–Crippen MR) is 98.0 cm³/mol. The Morgan fingerprint density at radius 1 is 1.19 bits per heavy atom. The Morgan fingerprint density at radius 3 is 2.54 bits per heavy atom. The van der Waals surface area contributed by atoms with Gasteiger partial charge in [0, 0.05) is 24.3 Å². The van der Waals surface area contributed by atoms with Crippen molar-refractivity contribution in [2.75, 3.05) is 13.1 Å². The van der Waals surface area contributed by atoms with Crippen LogP contribution >= 0.6 is 0 Å². The number of carbonyl (C=O) groups is 2. The summed E-state index contributed by atoms with van der Waals surface area (Å²) in [5.74, 6) is 0.0600. The molecule has 2 amide bonds. The minimum atomic E-state index is -0.361. The highest BCUT2D eigenvalue weighted by Crippen LogP contribution is 2.12. The lowest BCUT2D eigenvalue weighted by atomic mass is 10.1. The lowest BCUT2D eigenvalue weighted by molar-refractivity contribution is -0.123. The number of pyridine rings is 1. The fraction of sp³-hybridized carbons (Fsp3) is 0.421. The first-order valence-corrected chi connectivity index (χ1v) is 8.54. The van der Waals surface area contributed by atoms with Gasteiger partial charge < -0.3 is 19.2 Å². The lowest BCUT2D eigenvalue weighted by Gasteiger charge is -2.24. The second kappa shape index (κ2) is 8.03. The molecule has 0 saturated carbocycles. The van der Waals surface area contributed by atoms with Crippen LogP contribution in [-0.4, -0.2) is 39.9 Å². The minimum Gasteiger partial charge on any atom is -0.454 e. The van der Waals surface area contributed by atoms with Crippen molar-refractivity contribution >= 4 is 11.8 Å². The van der Waals surface area contributed by atoms with Crippen LogP contribution in [0.2, 0.25) is 0 Å². The molecule has 0 saturated heterocycles. The van der Waals surface area contributed by atoms with Crippen LogP contribution in [0.4, 0.5) is 0 Å². The first-order chi connectivity index (χ1) is 12.2. The van der Waals surface area contributed by atoms with Crippen LogP contribution < -0.4 is 10.9 Å².